The van der Waals surface area contributed by atoms with E-state index in [1.54, 1.807) is 18.4 Å². The Kier molecular flexibility index (Phi) is 4.93. The maximum atomic E-state index is 12.2. The van der Waals surface area contributed by atoms with Gasteiger partial charge in [0.15, 0.2) is 0 Å². The third kappa shape index (κ3) is 3.47. The standard InChI is InChI=1S/C16H24N2O2S/c1-20-8-7-18-15-4-6-17(10-13-5-9-21-12-13)11-14(15)2-3-16(18)19/h5,9,12,14-15H,2-4,6-8,10-11H2,1H3/t14-,15+/m1/s1. The normalized spacial score (nSPS) is 26.9. The largest absolute Gasteiger partial charge is 0.383 e. The van der Waals surface area contributed by atoms with E-state index in [0.29, 0.717) is 30.9 Å². The van der Waals surface area contributed by atoms with E-state index in [1.165, 1.54) is 5.56 Å². The van der Waals surface area contributed by atoms with E-state index in [0.717, 1.165) is 39.0 Å². The molecule has 0 radical (unpaired) electrons. The van der Waals surface area contributed by atoms with Crippen LogP contribution in [0.5, 0.6) is 0 Å². The average Bonchev–Trinajstić information content (AvgIpc) is 2.99. The first-order chi connectivity index (χ1) is 10.3. The van der Waals surface area contributed by atoms with Crippen molar-refractivity contribution in [2.75, 3.05) is 33.4 Å². The van der Waals surface area contributed by atoms with Gasteiger partial charge in [0, 0.05) is 45.8 Å². The fourth-order valence-electron chi connectivity index (χ4n) is 3.69. The molecule has 0 aromatic carbocycles. The summed E-state index contributed by atoms with van der Waals surface area (Å²) in [4.78, 5) is 16.8. The molecule has 1 aromatic rings. The van der Waals surface area contributed by atoms with Gasteiger partial charge in [0.05, 0.1) is 6.61 Å². The van der Waals surface area contributed by atoms with Gasteiger partial charge < -0.3 is 9.64 Å². The van der Waals surface area contributed by atoms with Gasteiger partial charge in [-0.25, -0.2) is 0 Å². The molecule has 2 saturated heterocycles. The average molecular weight is 308 g/mol. The Labute approximate surface area is 130 Å². The number of nitrogens with zero attached hydrogens (tertiary/aromatic N) is 2. The predicted molar refractivity (Wildman–Crippen MR) is 84.3 cm³/mol. The van der Waals surface area contributed by atoms with Crippen LogP contribution in [-0.4, -0.2) is 55.1 Å². The second-order valence-corrected chi connectivity index (χ2v) is 6.88. The molecule has 2 atom stereocenters. The number of piperidine rings is 2. The van der Waals surface area contributed by atoms with Crippen molar-refractivity contribution in [3.05, 3.63) is 22.4 Å². The quantitative estimate of drug-likeness (QED) is 0.836. The summed E-state index contributed by atoms with van der Waals surface area (Å²) < 4.78 is 5.16. The minimum absolute atomic E-state index is 0.319. The molecule has 0 spiro atoms. The zero-order valence-electron chi connectivity index (χ0n) is 12.7. The number of carbonyl (C=O) groups excluding carboxylic acids is 1. The first kappa shape index (κ1) is 15.0. The number of hydrogen-bond donors (Lipinski definition) is 0. The number of fused-ring (bicyclic) bond motifs is 1. The summed E-state index contributed by atoms with van der Waals surface area (Å²) in [5.74, 6) is 0.950. The van der Waals surface area contributed by atoms with Gasteiger partial charge in [-0.2, -0.15) is 11.3 Å². The first-order valence-corrected chi connectivity index (χ1v) is 8.74. The highest BCUT2D eigenvalue weighted by Crippen LogP contribution is 2.31. The molecular formula is C16H24N2O2S. The summed E-state index contributed by atoms with van der Waals surface area (Å²) in [6.07, 6.45) is 2.86. The summed E-state index contributed by atoms with van der Waals surface area (Å²) in [5.41, 5.74) is 1.42. The maximum Gasteiger partial charge on any atom is 0.222 e. The molecule has 0 aliphatic carbocycles. The molecule has 21 heavy (non-hydrogen) atoms. The summed E-state index contributed by atoms with van der Waals surface area (Å²) >= 11 is 1.77. The molecule has 0 N–H and O–H groups in total. The zero-order valence-corrected chi connectivity index (χ0v) is 13.5. The van der Waals surface area contributed by atoms with Crippen LogP contribution in [0.1, 0.15) is 24.8 Å². The summed E-state index contributed by atoms with van der Waals surface area (Å²) in [5, 5.41) is 4.38. The lowest BCUT2D eigenvalue weighted by Gasteiger charge is -2.47. The third-order valence-corrected chi connectivity index (χ3v) is 5.48. The molecule has 0 unspecified atom stereocenters. The van der Waals surface area contributed by atoms with Crippen molar-refractivity contribution in [3.8, 4) is 0 Å². The molecule has 5 heteroatoms. The lowest BCUT2D eigenvalue weighted by Crippen LogP contribution is -2.56. The van der Waals surface area contributed by atoms with Crippen molar-refractivity contribution in [1.82, 2.24) is 9.80 Å². The molecule has 2 aliphatic heterocycles. The number of carbonyl (C=O) groups is 1. The van der Waals surface area contributed by atoms with Crippen LogP contribution in [0.2, 0.25) is 0 Å². The van der Waals surface area contributed by atoms with Crippen LogP contribution in [-0.2, 0) is 16.1 Å². The number of thiophene rings is 1. The zero-order chi connectivity index (χ0) is 14.7. The number of likely N-dealkylation sites (tertiary alicyclic amines) is 2. The SMILES string of the molecule is COCCN1C(=O)CC[C@@H]2CN(Cc3ccsc3)CC[C@@H]21. The van der Waals surface area contributed by atoms with Gasteiger partial charge in [-0.05, 0) is 41.1 Å². The Hall–Kier alpha value is -0.910. The van der Waals surface area contributed by atoms with Crippen LogP contribution in [0.3, 0.4) is 0 Å². The predicted octanol–water partition coefficient (Wildman–Crippen LogP) is 2.21. The van der Waals surface area contributed by atoms with Gasteiger partial charge >= 0.3 is 0 Å². The van der Waals surface area contributed by atoms with Crippen LogP contribution in [0.15, 0.2) is 16.8 Å². The molecule has 2 fully saturated rings. The van der Waals surface area contributed by atoms with Crippen molar-refractivity contribution in [2.24, 2.45) is 5.92 Å². The summed E-state index contributed by atoms with van der Waals surface area (Å²) in [6.45, 7) is 4.67. The number of hydrogen-bond acceptors (Lipinski definition) is 4. The number of amides is 1. The van der Waals surface area contributed by atoms with Crippen LogP contribution < -0.4 is 0 Å². The van der Waals surface area contributed by atoms with Crippen molar-refractivity contribution in [3.63, 3.8) is 0 Å². The first-order valence-electron chi connectivity index (χ1n) is 7.80. The van der Waals surface area contributed by atoms with Crippen LogP contribution in [0, 0.1) is 5.92 Å². The lowest BCUT2D eigenvalue weighted by atomic mass is 9.83. The Morgan fingerprint density at radius 3 is 3.10 bits per heavy atom. The molecule has 3 heterocycles. The van der Waals surface area contributed by atoms with E-state index in [9.17, 15) is 4.79 Å². The Morgan fingerprint density at radius 1 is 1.43 bits per heavy atom. The summed E-state index contributed by atoms with van der Waals surface area (Å²) in [7, 11) is 1.70. The second-order valence-electron chi connectivity index (χ2n) is 6.10. The van der Waals surface area contributed by atoms with Crippen LogP contribution in [0.4, 0.5) is 0 Å². The monoisotopic (exact) mass is 308 g/mol. The van der Waals surface area contributed by atoms with E-state index < -0.39 is 0 Å². The molecule has 1 amide bonds. The van der Waals surface area contributed by atoms with Gasteiger partial charge in [0.25, 0.3) is 0 Å². The van der Waals surface area contributed by atoms with Gasteiger partial charge in [-0.15, -0.1) is 0 Å². The molecule has 116 valence electrons. The molecule has 4 nitrogen and oxygen atoms in total. The molecule has 0 bridgehead atoms. The molecule has 1 aromatic heterocycles. The van der Waals surface area contributed by atoms with E-state index >= 15 is 0 Å². The number of methoxy groups -OCH3 is 1. The Bertz CT molecular complexity index is 463. The highest BCUT2D eigenvalue weighted by Gasteiger charge is 2.38. The Balaban J connectivity index is 1.60. The van der Waals surface area contributed by atoms with Crippen molar-refractivity contribution >= 4 is 17.2 Å². The van der Waals surface area contributed by atoms with Gasteiger partial charge in [-0.1, -0.05) is 0 Å². The van der Waals surface area contributed by atoms with Crippen molar-refractivity contribution in [2.45, 2.75) is 31.8 Å². The number of ether oxygens (including phenoxy) is 1. The van der Waals surface area contributed by atoms with E-state index in [1.807, 2.05) is 0 Å². The topological polar surface area (TPSA) is 32.8 Å². The smallest absolute Gasteiger partial charge is 0.222 e. The molecule has 2 aliphatic rings. The fraction of sp³-hybridized carbons (Fsp3) is 0.688. The van der Waals surface area contributed by atoms with Crippen molar-refractivity contribution in [1.29, 1.82) is 0 Å². The molecular weight excluding hydrogens is 284 g/mol. The van der Waals surface area contributed by atoms with E-state index in [-0.39, 0.29) is 0 Å². The summed E-state index contributed by atoms with van der Waals surface area (Å²) in [6, 6.07) is 2.64. The lowest BCUT2D eigenvalue weighted by molar-refractivity contribution is -0.142. The highest BCUT2D eigenvalue weighted by molar-refractivity contribution is 7.07. The second kappa shape index (κ2) is 6.90. The van der Waals surface area contributed by atoms with Gasteiger partial charge in [-0.3, -0.25) is 9.69 Å². The third-order valence-electron chi connectivity index (χ3n) is 4.75. The minimum atomic E-state index is 0.319. The van der Waals surface area contributed by atoms with E-state index in [2.05, 4.69) is 26.6 Å². The van der Waals surface area contributed by atoms with E-state index in [4.69, 9.17) is 4.74 Å². The fourth-order valence-corrected chi connectivity index (χ4v) is 4.35. The Morgan fingerprint density at radius 2 is 2.33 bits per heavy atom. The van der Waals surface area contributed by atoms with Crippen LogP contribution >= 0.6 is 11.3 Å². The molecule has 3 rings (SSSR count). The van der Waals surface area contributed by atoms with Gasteiger partial charge in [0.2, 0.25) is 5.91 Å². The minimum Gasteiger partial charge on any atom is -0.383 e. The van der Waals surface area contributed by atoms with Crippen LogP contribution in [0.25, 0.3) is 0 Å². The van der Waals surface area contributed by atoms with Crippen molar-refractivity contribution < 1.29 is 9.53 Å². The highest BCUT2D eigenvalue weighted by atomic mass is 32.1. The number of rotatable bonds is 5. The maximum absolute atomic E-state index is 12.2. The molecule has 0 saturated carbocycles. The van der Waals surface area contributed by atoms with Gasteiger partial charge in [0.1, 0.15) is 0 Å².